The van der Waals surface area contributed by atoms with E-state index in [2.05, 4.69) is 0 Å². The normalized spacial score (nSPS) is 13.0. The maximum Gasteiger partial charge on any atom is 0.474 e. The topological polar surface area (TPSA) is 78.9 Å². The molecule has 166 valence electrons. The lowest BCUT2D eigenvalue weighted by Gasteiger charge is -2.17. The number of rotatable bonds is 13. The molecule has 0 rings (SSSR count). The summed E-state index contributed by atoms with van der Waals surface area (Å²) >= 11 is 2.64. The first-order valence-corrected chi connectivity index (χ1v) is 13.0. The lowest BCUT2D eigenvalue weighted by Crippen LogP contribution is -2.16. The molecule has 0 amide bonds. The van der Waals surface area contributed by atoms with E-state index in [0.29, 0.717) is 24.3 Å². The minimum absolute atomic E-state index is 0.168. The van der Waals surface area contributed by atoms with E-state index in [-0.39, 0.29) is 34.3 Å². The van der Waals surface area contributed by atoms with Crippen LogP contribution in [-0.4, -0.2) is 42.1 Å². The Bertz CT molecular complexity index is 483. The largest absolute Gasteiger partial charge is 0.474 e. The van der Waals surface area contributed by atoms with Crippen molar-refractivity contribution in [2.24, 2.45) is 10.8 Å². The molecule has 9 heteroatoms. The third-order valence-corrected chi connectivity index (χ3v) is 7.67. The number of hydrogen-bond acceptors (Lipinski definition) is 8. The van der Waals surface area contributed by atoms with Crippen molar-refractivity contribution < 1.29 is 27.7 Å². The molecule has 0 saturated carbocycles. The van der Waals surface area contributed by atoms with Crippen LogP contribution in [0, 0.1) is 10.8 Å². The van der Waals surface area contributed by atoms with Gasteiger partial charge in [0.2, 0.25) is 0 Å². The van der Waals surface area contributed by atoms with Crippen LogP contribution < -0.4 is 0 Å². The summed E-state index contributed by atoms with van der Waals surface area (Å²) in [5.41, 5.74) is -0.668. The number of hydrogen-bond donors (Lipinski definition) is 0. The third kappa shape index (κ3) is 13.4. The van der Waals surface area contributed by atoms with Gasteiger partial charge in [-0.3, -0.25) is 23.2 Å². The van der Waals surface area contributed by atoms with Gasteiger partial charge in [0, 0.05) is 29.4 Å². The van der Waals surface area contributed by atoms with Gasteiger partial charge in [-0.05, 0) is 25.7 Å². The molecule has 0 atom stereocenters. The number of phosphoric acid groups is 1. The minimum atomic E-state index is -3.54. The van der Waals surface area contributed by atoms with Gasteiger partial charge < -0.3 is 0 Å². The average molecular weight is 457 g/mol. The van der Waals surface area contributed by atoms with E-state index < -0.39 is 7.82 Å². The van der Waals surface area contributed by atoms with E-state index in [9.17, 15) is 14.2 Å². The quantitative estimate of drug-likeness (QED) is 0.249. The van der Waals surface area contributed by atoms with Crippen LogP contribution in [0.4, 0.5) is 0 Å². The van der Waals surface area contributed by atoms with Crippen LogP contribution in [0.5, 0.6) is 0 Å². The number of unbranched alkanes of at least 4 members (excludes halogenated alkanes) is 2. The summed E-state index contributed by atoms with van der Waals surface area (Å²) < 4.78 is 27.9. The molecule has 0 aromatic heterocycles. The van der Waals surface area contributed by atoms with Gasteiger partial charge in [0.1, 0.15) is 0 Å². The Kier molecular flexibility index (Phi) is 13.5. The second kappa shape index (κ2) is 13.5. The molecular formula is C19H37O6PS2. The first-order chi connectivity index (χ1) is 12.8. The van der Waals surface area contributed by atoms with Gasteiger partial charge in [-0.1, -0.05) is 65.1 Å². The van der Waals surface area contributed by atoms with Crippen LogP contribution in [0.3, 0.4) is 0 Å². The Hall–Kier alpha value is 0.150. The molecule has 0 N–H and O–H groups in total. The summed E-state index contributed by atoms with van der Waals surface area (Å²) in [6.45, 7) is 11.9. The van der Waals surface area contributed by atoms with E-state index in [0.717, 1.165) is 12.8 Å². The van der Waals surface area contributed by atoms with E-state index in [4.69, 9.17) is 13.6 Å². The van der Waals surface area contributed by atoms with Crippen molar-refractivity contribution in [2.75, 3.05) is 31.8 Å². The molecule has 0 saturated heterocycles. The fraction of sp³-hybridized carbons (Fsp3) is 0.895. The Morgan fingerprint density at radius 1 is 0.750 bits per heavy atom. The highest BCUT2D eigenvalue weighted by Crippen LogP contribution is 2.48. The highest BCUT2D eigenvalue weighted by atomic mass is 32.2. The lowest BCUT2D eigenvalue weighted by atomic mass is 9.99. The Labute approximate surface area is 179 Å². The monoisotopic (exact) mass is 456 g/mol. The molecule has 0 aliphatic rings. The van der Waals surface area contributed by atoms with E-state index in [1.807, 2.05) is 41.5 Å². The van der Waals surface area contributed by atoms with Gasteiger partial charge in [0.05, 0.1) is 13.2 Å². The van der Waals surface area contributed by atoms with Crippen molar-refractivity contribution >= 4 is 41.6 Å². The molecule has 28 heavy (non-hydrogen) atoms. The van der Waals surface area contributed by atoms with Crippen LogP contribution in [0.15, 0.2) is 0 Å². The maximum absolute atomic E-state index is 12.3. The van der Waals surface area contributed by atoms with E-state index in [1.54, 1.807) is 0 Å². The molecule has 0 unspecified atom stereocenters. The van der Waals surface area contributed by atoms with Crippen molar-refractivity contribution in [1.82, 2.24) is 0 Å². The van der Waals surface area contributed by atoms with Crippen molar-refractivity contribution in [3.05, 3.63) is 0 Å². The molecule has 0 aromatic carbocycles. The zero-order chi connectivity index (χ0) is 21.8. The fourth-order valence-corrected chi connectivity index (χ4v) is 4.59. The minimum Gasteiger partial charge on any atom is -0.290 e. The highest BCUT2D eigenvalue weighted by Gasteiger charge is 2.25. The van der Waals surface area contributed by atoms with Crippen LogP contribution in [0.25, 0.3) is 0 Å². The molecule has 0 aliphatic heterocycles. The summed E-state index contributed by atoms with van der Waals surface area (Å²) in [7, 11) is -2.23. The van der Waals surface area contributed by atoms with Gasteiger partial charge in [-0.15, -0.1) is 0 Å². The van der Waals surface area contributed by atoms with Crippen LogP contribution in [-0.2, 0) is 27.7 Å². The average Bonchev–Trinajstić information content (AvgIpc) is 2.58. The molecule has 0 aromatic rings. The molecule has 6 nitrogen and oxygen atoms in total. The predicted molar refractivity (Wildman–Crippen MR) is 119 cm³/mol. The van der Waals surface area contributed by atoms with Gasteiger partial charge in [-0.25, -0.2) is 4.57 Å². The summed E-state index contributed by atoms with van der Waals surface area (Å²) in [5, 5.41) is 0.336. The van der Waals surface area contributed by atoms with Crippen molar-refractivity contribution in [2.45, 2.75) is 67.2 Å². The van der Waals surface area contributed by atoms with Crippen LogP contribution in [0.1, 0.15) is 67.2 Å². The van der Waals surface area contributed by atoms with Crippen molar-refractivity contribution in [1.29, 1.82) is 0 Å². The molecule has 0 spiro atoms. The summed E-state index contributed by atoms with van der Waals surface area (Å²) in [4.78, 5) is 23.6. The van der Waals surface area contributed by atoms with E-state index >= 15 is 0 Å². The number of thioether (sulfide) groups is 2. The molecule has 0 aliphatic carbocycles. The molecule has 0 bridgehead atoms. The first-order valence-electron chi connectivity index (χ1n) is 9.61. The summed E-state index contributed by atoms with van der Waals surface area (Å²) in [6.07, 6.45) is 2.92. The van der Waals surface area contributed by atoms with Crippen LogP contribution in [0.2, 0.25) is 0 Å². The number of carbonyl (C=O) groups is 2. The molecular weight excluding hydrogens is 419 g/mol. The zero-order valence-electron chi connectivity index (χ0n) is 18.4. The Balaban J connectivity index is 3.88. The predicted octanol–water partition coefficient (Wildman–Crippen LogP) is 5.95. The van der Waals surface area contributed by atoms with Gasteiger partial charge >= 0.3 is 7.82 Å². The first kappa shape index (κ1) is 28.1. The zero-order valence-corrected chi connectivity index (χ0v) is 20.9. The highest BCUT2D eigenvalue weighted by molar-refractivity contribution is 8.14. The van der Waals surface area contributed by atoms with Gasteiger partial charge in [-0.2, -0.15) is 0 Å². The van der Waals surface area contributed by atoms with Gasteiger partial charge in [0.15, 0.2) is 10.2 Å². The summed E-state index contributed by atoms with van der Waals surface area (Å²) in [5.74, 6) is 1.42. The van der Waals surface area contributed by atoms with Crippen LogP contribution >= 0.6 is 31.3 Å². The smallest absolute Gasteiger partial charge is 0.290 e. The molecule has 0 radical (unpaired) electrons. The maximum atomic E-state index is 12.3. The van der Waals surface area contributed by atoms with Crippen molar-refractivity contribution in [3.63, 3.8) is 0 Å². The lowest BCUT2D eigenvalue weighted by molar-refractivity contribution is -0.118. The second-order valence-corrected chi connectivity index (χ2v) is 12.4. The third-order valence-electron chi connectivity index (χ3n) is 3.49. The molecule has 0 heterocycles. The van der Waals surface area contributed by atoms with Gasteiger partial charge in [0.25, 0.3) is 0 Å². The SMILES string of the molecule is COP(=O)(OCCCCSC(=O)C(C)(C)C)OCCCCSC(=O)C(C)(C)C. The number of carbonyl (C=O) groups excluding carboxylic acids is 2. The fourth-order valence-electron chi connectivity index (χ4n) is 1.67. The molecule has 0 fully saturated rings. The number of phosphoric ester groups is 1. The Morgan fingerprint density at radius 2 is 1.11 bits per heavy atom. The second-order valence-electron chi connectivity index (χ2n) is 8.48. The van der Waals surface area contributed by atoms with E-state index in [1.165, 1.54) is 30.6 Å². The summed E-state index contributed by atoms with van der Waals surface area (Å²) in [6, 6.07) is 0. The Morgan fingerprint density at radius 3 is 1.39 bits per heavy atom. The van der Waals surface area contributed by atoms with Crippen molar-refractivity contribution in [3.8, 4) is 0 Å². The standard InChI is InChI=1S/C19H37O6PS2/c1-18(2,3)16(20)27-14-10-8-12-24-26(22,23-7)25-13-9-11-15-28-17(21)19(4,5)6/h8-15H2,1-7H3.